The Kier molecular flexibility index (Phi) is 6.84. The molecule has 0 atom stereocenters. The van der Waals surface area contributed by atoms with Crippen molar-refractivity contribution in [3.05, 3.63) is 29.3 Å². The van der Waals surface area contributed by atoms with Gasteiger partial charge in [0.25, 0.3) is 0 Å². The van der Waals surface area contributed by atoms with Crippen LogP contribution in [0.3, 0.4) is 0 Å². The molecular formula is C19H30N4O4S. The highest BCUT2D eigenvalue weighted by atomic mass is 32.2. The van der Waals surface area contributed by atoms with Crippen LogP contribution in [0, 0.1) is 13.8 Å². The van der Waals surface area contributed by atoms with Crippen LogP contribution in [-0.2, 0) is 14.8 Å². The first-order chi connectivity index (χ1) is 12.9. The van der Waals surface area contributed by atoms with Gasteiger partial charge in [0.1, 0.15) is 0 Å². The van der Waals surface area contributed by atoms with Crippen molar-refractivity contribution >= 4 is 22.0 Å². The van der Waals surface area contributed by atoms with Crippen LogP contribution in [0.25, 0.3) is 0 Å². The number of aryl methyl sites for hydroxylation is 2. The van der Waals surface area contributed by atoms with E-state index in [0.29, 0.717) is 31.1 Å². The van der Waals surface area contributed by atoms with Crippen LogP contribution < -0.4 is 10.6 Å². The molecule has 0 unspecified atom stereocenters. The summed E-state index contributed by atoms with van der Waals surface area (Å²) in [5.74, 6) is -0.410. The van der Waals surface area contributed by atoms with Gasteiger partial charge in [0.05, 0.1) is 11.4 Å². The van der Waals surface area contributed by atoms with E-state index in [0.717, 1.165) is 11.1 Å². The van der Waals surface area contributed by atoms with Gasteiger partial charge < -0.3 is 5.32 Å². The smallest absolute Gasteiger partial charge is 0.321 e. The van der Waals surface area contributed by atoms with E-state index in [1.807, 2.05) is 44.7 Å². The molecule has 0 spiro atoms. The third kappa shape index (κ3) is 6.02. The molecule has 0 radical (unpaired) electrons. The number of rotatable bonds is 4. The second-order valence-corrected chi connectivity index (χ2v) is 10.1. The standard InChI is InChI=1S/C19H30N4O4S/c1-14-6-7-15(2)16(12-14)28(26,27)23-10-8-22(9-11-23)13-17(24)20-18(25)21-19(3,4)5/h6-7,12H,8-11,13H2,1-5H3,(H2,20,21,24,25). The summed E-state index contributed by atoms with van der Waals surface area (Å²) >= 11 is 0. The molecular weight excluding hydrogens is 380 g/mol. The molecule has 156 valence electrons. The lowest BCUT2D eigenvalue weighted by Crippen LogP contribution is -2.53. The quantitative estimate of drug-likeness (QED) is 0.778. The van der Waals surface area contributed by atoms with Crippen LogP contribution in [0.1, 0.15) is 31.9 Å². The zero-order chi connectivity index (χ0) is 21.1. The number of carbonyl (C=O) groups excluding carboxylic acids is 2. The van der Waals surface area contributed by atoms with Crippen LogP contribution in [0.2, 0.25) is 0 Å². The fraction of sp³-hybridized carbons (Fsp3) is 0.579. The summed E-state index contributed by atoms with van der Waals surface area (Å²) in [7, 11) is -3.56. The van der Waals surface area contributed by atoms with Gasteiger partial charge in [-0.1, -0.05) is 12.1 Å². The minimum atomic E-state index is -3.56. The molecule has 1 aromatic rings. The molecule has 0 aromatic heterocycles. The molecule has 9 heteroatoms. The summed E-state index contributed by atoms with van der Waals surface area (Å²) in [6, 6.07) is 4.86. The average molecular weight is 411 g/mol. The molecule has 1 aliphatic rings. The maximum atomic E-state index is 12.9. The zero-order valence-corrected chi connectivity index (χ0v) is 18.0. The van der Waals surface area contributed by atoms with Crippen molar-refractivity contribution in [3.8, 4) is 0 Å². The number of hydrogen-bond acceptors (Lipinski definition) is 5. The first-order valence-corrected chi connectivity index (χ1v) is 10.7. The molecule has 2 N–H and O–H groups in total. The Morgan fingerprint density at radius 2 is 1.68 bits per heavy atom. The van der Waals surface area contributed by atoms with Gasteiger partial charge in [-0.15, -0.1) is 0 Å². The molecule has 1 aromatic carbocycles. The van der Waals surface area contributed by atoms with Gasteiger partial charge in [-0.3, -0.25) is 15.0 Å². The van der Waals surface area contributed by atoms with E-state index in [-0.39, 0.29) is 6.54 Å². The second-order valence-electron chi connectivity index (χ2n) is 8.20. The van der Waals surface area contributed by atoms with Crippen molar-refractivity contribution in [1.29, 1.82) is 0 Å². The first kappa shape index (κ1) is 22.3. The minimum absolute atomic E-state index is 0.0505. The van der Waals surface area contributed by atoms with Gasteiger partial charge in [-0.25, -0.2) is 13.2 Å². The predicted octanol–water partition coefficient (Wildman–Crippen LogP) is 1.23. The molecule has 8 nitrogen and oxygen atoms in total. The summed E-state index contributed by atoms with van der Waals surface area (Å²) < 4.78 is 27.3. The molecule has 1 fully saturated rings. The number of urea groups is 1. The molecule has 1 saturated heterocycles. The topological polar surface area (TPSA) is 98.8 Å². The van der Waals surface area contributed by atoms with Crippen molar-refractivity contribution in [2.24, 2.45) is 0 Å². The number of piperazine rings is 1. The van der Waals surface area contributed by atoms with Gasteiger partial charge in [0.15, 0.2) is 0 Å². The fourth-order valence-corrected chi connectivity index (χ4v) is 4.73. The molecule has 0 aliphatic carbocycles. The van der Waals surface area contributed by atoms with Crippen LogP contribution in [-0.4, -0.2) is 67.8 Å². The van der Waals surface area contributed by atoms with Crippen LogP contribution in [0.15, 0.2) is 23.1 Å². The maximum Gasteiger partial charge on any atom is 0.321 e. The summed E-state index contributed by atoms with van der Waals surface area (Å²) in [5, 5.41) is 4.97. The Morgan fingerprint density at radius 3 is 2.25 bits per heavy atom. The van der Waals surface area contributed by atoms with Gasteiger partial charge in [0, 0.05) is 31.7 Å². The zero-order valence-electron chi connectivity index (χ0n) is 17.2. The highest BCUT2D eigenvalue weighted by molar-refractivity contribution is 7.89. The van der Waals surface area contributed by atoms with E-state index in [1.54, 1.807) is 13.0 Å². The van der Waals surface area contributed by atoms with Crippen molar-refractivity contribution in [2.75, 3.05) is 32.7 Å². The van der Waals surface area contributed by atoms with Crippen molar-refractivity contribution in [2.45, 2.75) is 45.1 Å². The van der Waals surface area contributed by atoms with Gasteiger partial charge >= 0.3 is 6.03 Å². The van der Waals surface area contributed by atoms with Crippen LogP contribution in [0.4, 0.5) is 4.79 Å². The number of nitrogens with zero attached hydrogens (tertiary/aromatic N) is 2. The molecule has 2 rings (SSSR count). The number of sulfonamides is 1. The third-order valence-corrected chi connectivity index (χ3v) is 6.44. The molecule has 1 heterocycles. The fourth-order valence-electron chi connectivity index (χ4n) is 2.99. The second kappa shape index (κ2) is 8.59. The number of imide groups is 1. The van der Waals surface area contributed by atoms with E-state index < -0.39 is 27.5 Å². The first-order valence-electron chi connectivity index (χ1n) is 9.30. The minimum Gasteiger partial charge on any atom is -0.333 e. The Morgan fingerprint density at radius 1 is 1.07 bits per heavy atom. The van der Waals surface area contributed by atoms with Gasteiger partial charge in [0.2, 0.25) is 15.9 Å². The van der Waals surface area contributed by atoms with Gasteiger partial charge in [-0.05, 0) is 51.8 Å². The predicted molar refractivity (Wildman–Crippen MR) is 108 cm³/mol. The van der Waals surface area contributed by atoms with Crippen molar-refractivity contribution in [3.63, 3.8) is 0 Å². The van der Waals surface area contributed by atoms with Crippen LogP contribution >= 0.6 is 0 Å². The molecule has 1 aliphatic heterocycles. The normalized spacial score (nSPS) is 16.6. The molecule has 28 heavy (non-hydrogen) atoms. The lowest BCUT2D eigenvalue weighted by Gasteiger charge is -2.33. The SMILES string of the molecule is Cc1ccc(C)c(S(=O)(=O)N2CCN(CC(=O)NC(=O)NC(C)(C)C)CC2)c1. The largest absolute Gasteiger partial charge is 0.333 e. The molecule has 0 saturated carbocycles. The number of carbonyl (C=O) groups is 2. The van der Waals surface area contributed by atoms with Crippen LogP contribution in [0.5, 0.6) is 0 Å². The Hall–Kier alpha value is -1.97. The number of amides is 3. The summed E-state index contributed by atoms with van der Waals surface area (Å²) in [6.45, 7) is 10.6. The monoisotopic (exact) mass is 410 g/mol. The number of hydrogen-bond donors (Lipinski definition) is 2. The van der Waals surface area contributed by atoms with E-state index >= 15 is 0 Å². The lowest BCUT2D eigenvalue weighted by atomic mass is 10.1. The average Bonchev–Trinajstić information content (AvgIpc) is 2.55. The number of benzene rings is 1. The molecule has 0 bridgehead atoms. The summed E-state index contributed by atoms with van der Waals surface area (Å²) in [5.41, 5.74) is 1.18. The molecule has 3 amide bonds. The third-order valence-electron chi connectivity index (χ3n) is 4.40. The van der Waals surface area contributed by atoms with E-state index in [4.69, 9.17) is 0 Å². The Bertz CT molecular complexity index is 838. The Balaban J connectivity index is 1.91. The highest BCUT2D eigenvalue weighted by Crippen LogP contribution is 2.22. The number of nitrogens with one attached hydrogen (secondary N) is 2. The summed E-state index contributed by atoms with van der Waals surface area (Å²) in [4.78, 5) is 26.0. The van der Waals surface area contributed by atoms with E-state index in [9.17, 15) is 18.0 Å². The Labute approximate surface area is 167 Å². The highest BCUT2D eigenvalue weighted by Gasteiger charge is 2.30. The lowest BCUT2D eigenvalue weighted by molar-refractivity contribution is -0.121. The maximum absolute atomic E-state index is 12.9. The van der Waals surface area contributed by atoms with Crippen molar-refractivity contribution < 1.29 is 18.0 Å². The van der Waals surface area contributed by atoms with E-state index in [1.165, 1.54) is 4.31 Å². The van der Waals surface area contributed by atoms with E-state index in [2.05, 4.69) is 10.6 Å². The van der Waals surface area contributed by atoms with Crippen molar-refractivity contribution in [1.82, 2.24) is 19.8 Å². The summed E-state index contributed by atoms with van der Waals surface area (Å²) in [6.07, 6.45) is 0. The van der Waals surface area contributed by atoms with Gasteiger partial charge in [-0.2, -0.15) is 4.31 Å².